The van der Waals surface area contributed by atoms with E-state index in [9.17, 15) is 4.79 Å². The van der Waals surface area contributed by atoms with Gasteiger partial charge < -0.3 is 15.4 Å². The number of ether oxygens (including phenoxy) is 1. The number of rotatable bonds is 5. The Morgan fingerprint density at radius 1 is 0.955 bits per heavy atom. The SMILES string of the molecule is CCC(C)(C)Oc1ccc(NC(=O)Nc2ccccc2)cc1. The van der Waals surface area contributed by atoms with Gasteiger partial charge in [-0.25, -0.2) is 4.79 Å². The zero-order valence-corrected chi connectivity index (χ0v) is 13.2. The smallest absolute Gasteiger partial charge is 0.323 e. The van der Waals surface area contributed by atoms with E-state index in [1.54, 1.807) is 0 Å². The highest BCUT2D eigenvalue weighted by Crippen LogP contribution is 2.22. The summed E-state index contributed by atoms with van der Waals surface area (Å²) in [6.07, 6.45) is 0.923. The van der Waals surface area contributed by atoms with Gasteiger partial charge in [0, 0.05) is 11.4 Å². The Morgan fingerprint density at radius 3 is 2.05 bits per heavy atom. The van der Waals surface area contributed by atoms with Crippen molar-refractivity contribution in [3.8, 4) is 5.75 Å². The summed E-state index contributed by atoms with van der Waals surface area (Å²) in [4.78, 5) is 11.9. The number of hydrogen-bond donors (Lipinski definition) is 2. The molecule has 0 saturated heterocycles. The Kier molecular flexibility index (Phi) is 5.04. The van der Waals surface area contributed by atoms with Crippen LogP contribution in [-0.4, -0.2) is 11.6 Å². The number of hydrogen-bond acceptors (Lipinski definition) is 2. The molecule has 0 bridgehead atoms. The van der Waals surface area contributed by atoms with E-state index in [1.807, 2.05) is 68.4 Å². The normalized spacial score (nSPS) is 10.9. The molecule has 0 aliphatic heterocycles. The van der Waals surface area contributed by atoms with E-state index in [0.717, 1.165) is 23.5 Å². The van der Waals surface area contributed by atoms with Gasteiger partial charge in [-0.2, -0.15) is 0 Å². The third kappa shape index (κ3) is 4.81. The third-order valence-corrected chi connectivity index (χ3v) is 3.39. The fourth-order valence-corrected chi connectivity index (χ4v) is 1.81. The number of anilines is 2. The summed E-state index contributed by atoms with van der Waals surface area (Å²) in [5.74, 6) is 0.792. The molecule has 0 saturated carbocycles. The molecule has 2 N–H and O–H groups in total. The highest BCUT2D eigenvalue weighted by atomic mass is 16.5. The number of carbonyl (C=O) groups is 1. The van der Waals surface area contributed by atoms with Gasteiger partial charge in [0.25, 0.3) is 0 Å². The minimum atomic E-state index is -0.270. The van der Waals surface area contributed by atoms with Gasteiger partial charge in [-0.05, 0) is 56.7 Å². The van der Waals surface area contributed by atoms with Crippen LogP contribution in [0.5, 0.6) is 5.75 Å². The summed E-state index contributed by atoms with van der Waals surface area (Å²) in [5, 5.41) is 5.56. The molecule has 0 spiro atoms. The molecule has 2 aromatic carbocycles. The van der Waals surface area contributed by atoms with Gasteiger partial charge in [-0.1, -0.05) is 25.1 Å². The summed E-state index contributed by atoms with van der Waals surface area (Å²) < 4.78 is 5.88. The van der Waals surface area contributed by atoms with Crippen LogP contribution >= 0.6 is 0 Å². The highest BCUT2D eigenvalue weighted by molar-refractivity contribution is 5.99. The molecule has 4 nitrogen and oxygen atoms in total. The van der Waals surface area contributed by atoms with E-state index in [0.29, 0.717) is 0 Å². The summed E-state index contributed by atoms with van der Waals surface area (Å²) >= 11 is 0. The molecular formula is C18H22N2O2. The molecule has 0 aliphatic carbocycles. The van der Waals surface area contributed by atoms with Crippen LogP contribution in [0.2, 0.25) is 0 Å². The van der Waals surface area contributed by atoms with Crippen LogP contribution in [0.25, 0.3) is 0 Å². The van der Waals surface area contributed by atoms with E-state index in [1.165, 1.54) is 0 Å². The maximum Gasteiger partial charge on any atom is 0.323 e. The largest absolute Gasteiger partial charge is 0.488 e. The lowest BCUT2D eigenvalue weighted by molar-refractivity contribution is 0.105. The molecule has 22 heavy (non-hydrogen) atoms. The minimum Gasteiger partial charge on any atom is -0.488 e. The lowest BCUT2D eigenvalue weighted by atomic mass is 10.1. The molecule has 0 aliphatic rings. The van der Waals surface area contributed by atoms with Gasteiger partial charge in [0.15, 0.2) is 0 Å². The predicted octanol–water partition coefficient (Wildman–Crippen LogP) is 4.90. The van der Waals surface area contributed by atoms with Crippen molar-refractivity contribution in [2.45, 2.75) is 32.8 Å². The van der Waals surface area contributed by atoms with Crippen LogP contribution in [0.3, 0.4) is 0 Å². The molecule has 4 heteroatoms. The summed E-state index contributed by atoms with van der Waals surface area (Å²) in [6.45, 7) is 6.18. The molecule has 116 valence electrons. The van der Waals surface area contributed by atoms with Crippen molar-refractivity contribution in [2.75, 3.05) is 10.6 Å². The molecule has 0 radical (unpaired) electrons. The first-order chi connectivity index (χ1) is 10.5. The van der Waals surface area contributed by atoms with Crippen LogP contribution in [0.15, 0.2) is 54.6 Å². The van der Waals surface area contributed by atoms with Crippen molar-refractivity contribution in [1.82, 2.24) is 0 Å². The predicted molar refractivity (Wildman–Crippen MR) is 90.5 cm³/mol. The van der Waals surface area contributed by atoms with Crippen molar-refractivity contribution in [3.05, 3.63) is 54.6 Å². The summed E-state index contributed by atoms with van der Waals surface area (Å²) in [6, 6.07) is 16.4. The first-order valence-electron chi connectivity index (χ1n) is 7.41. The molecule has 2 rings (SSSR count). The monoisotopic (exact) mass is 298 g/mol. The average Bonchev–Trinajstić information content (AvgIpc) is 2.50. The lowest BCUT2D eigenvalue weighted by Gasteiger charge is -2.24. The quantitative estimate of drug-likeness (QED) is 0.825. The first kappa shape index (κ1) is 15.9. The van der Waals surface area contributed by atoms with Gasteiger partial charge in [0.2, 0.25) is 0 Å². The third-order valence-electron chi connectivity index (χ3n) is 3.39. The van der Waals surface area contributed by atoms with Gasteiger partial charge in [-0.15, -0.1) is 0 Å². The standard InChI is InChI=1S/C18H22N2O2/c1-4-18(2,3)22-16-12-10-15(11-13-16)20-17(21)19-14-8-6-5-7-9-14/h5-13H,4H2,1-3H3,(H2,19,20,21). The minimum absolute atomic E-state index is 0.195. The fraction of sp³-hybridized carbons (Fsp3) is 0.278. The van der Waals surface area contributed by atoms with Gasteiger partial charge >= 0.3 is 6.03 Å². The van der Waals surface area contributed by atoms with Gasteiger partial charge in [0.1, 0.15) is 11.4 Å². The lowest BCUT2D eigenvalue weighted by Crippen LogP contribution is -2.26. The second-order valence-corrected chi connectivity index (χ2v) is 5.68. The van der Waals surface area contributed by atoms with Crippen LogP contribution in [0.4, 0.5) is 16.2 Å². The van der Waals surface area contributed by atoms with E-state index in [4.69, 9.17) is 4.74 Å². The van der Waals surface area contributed by atoms with Gasteiger partial charge in [-0.3, -0.25) is 0 Å². The molecule has 2 amide bonds. The van der Waals surface area contributed by atoms with Crippen molar-refractivity contribution in [3.63, 3.8) is 0 Å². The van der Waals surface area contributed by atoms with Crippen LogP contribution < -0.4 is 15.4 Å². The van der Waals surface area contributed by atoms with E-state index >= 15 is 0 Å². The van der Waals surface area contributed by atoms with Crippen molar-refractivity contribution >= 4 is 17.4 Å². The molecule has 2 aromatic rings. The number of amides is 2. The van der Waals surface area contributed by atoms with Crippen molar-refractivity contribution < 1.29 is 9.53 Å². The topological polar surface area (TPSA) is 50.4 Å². The van der Waals surface area contributed by atoms with Crippen LogP contribution in [0, 0.1) is 0 Å². The number of para-hydroxylation sites is 1. The average molecular weight is 298 g/mol. The van der Waals surface area contributed by atoms with Crippen LogP contribution in [0.1, 0.15) is 27.2 Å². The second kappa shape index (κ2) is 6.98. The Bertz CT molecular complexity index is 607. The zero-order valence-electron chi connectivity index (χ0n) is 13.2. The molecule has 0 aromatic heterocycles. The maximum absolute atomic E-state index is 11.9. The first-order valence-corrected chi connectivity index (χ1v) is 7.41. The zero-order chi connectivity index (χ0) is 16.0. The Balaban J connectivity index is 1.92. The Hall–Kier alpha value is -2.49. The summed E-state index contributed by atoms with van der Waals surface area (Å²) in [7, 11) is 0. The van der Waals surface area contributed by atoms with Crippen molar-refractivity contribution in [2.24, 2.45) is 0 Å². The van der Waals surface area contributed by atoms with E-state index < -0.39 is 0 Å². The van der Waals surface area contributed by atoms with E-state index in [2.05, 4.69) is 17.6 Å². The summed E-state index contributed by atoms with van der Waals surface area (Å²) in [5.41, 5.74) is 1.28. The molecular weight excluding hydrogens is 276 g/mol. The number of nitrogens with one attached hydrogen (secondary N) is 2. The number of benzene rings is 2. The molecule has 0 heterocycles. The van der Waals surface area contributed by atoms with E-state index in [-0.39, 0.29) is 11.6 Å². The second-order valence-electron chi connectivity index (χ2n) is 5.68. The number of urea groups is 1. The Morgan fingerprint density at radius 2 is 1.50 bits per heavy atom. The highest BCUT2D eigenvalue weighted by Gasteiger charge is 2.16. The Labute approximate surface area is 131 Å². The molecule has 0 fully saturated rings. The molecule has 0 atom stereocenters. The molecule has 0 unspecified atom stereocenters. The van der Waals surface area contributed by atoms with Crippen LogP contribution in [-0.2, 0) is 0 Å². The fourth-order valence-electron chi connectivity index (χ4n) is 1.81. The van der Waals surface area contributed by atoms with Gasteiger partial charge in [0.05, 0.1) is 0 Å². The maximum atomic E-state index is 11.9. The number of carbonyl (C=O) groups excluding carboxylic acids is 1. The van der Waals surface area contributed by atoms with Crippen molar-refractivity contribution in [1.29, 1.82) is 0 Å².